The summed E-state index contributed by atoms with van der Waals surface area (Å²) in [7, 11) is 0. The summed E-state index contributed by atoms with van der Waals surface area (Å²) in [5.74, 6) is 0.613. The molecule has 0 aliphatic carbocycles. The highest BCUT2D eigenvalue weighted by Gasteiger charge is 2.13. The van der Waals surface area contributed by atoms with Gasteiger partial charge in [0, 0.05) is 23.3 Å². The largest absolute Gasteiger partial charge is 0.416 e. The maximum Gasteiger partial charge on any atom is 0.270 e. The van der Waals surface area contributed by atoms with Gasteiger partial charge in [-0.05, 0) is 29.3 Å². The Morgan fingerprint density at radius 1 is 0.692 bits per heavy atom. The van der Waals surface area contributed by atoms with E-state index in [0.717, 1.165) is 16.7 Å². The quantitative estimate of drug-likeness (QED) is 0.385. The number of nitro benzene ring substituents is 1. The summed E-state index contributed by atoms with van der Waals surface area (Å²) in [6, 6.07) is 24.0. The van der Waals surface area contributed by atoms with E-state index < -0.39 is 4.92 Å². The second-order valence-corrected chi connectivity index (χ2v) is 5.66. The van der Waals surface area contributed by atoms with Gasteiger partial charge in [-0.1, -0.05) is 48.5 Å². The molecule has 0 saturated carbocycles. The van der Waals surface area contributed by atoms with E-state index in [1.54, 1.807) is 12.1 Å². The highest BCUT2D eigenvalue weighted by atomic mass is 16.6. The van der Waals surface area contributed by atoms with E-state index in [9.17, 15) is 10.1 Å². The molecule has 0 unspecified atom stereocenters. The predicted octanol–water partition coefficient (Wildman–Crippen LogP) is 4.98. The first-order valence-corrected chi connectivity index (χ1v) is 7.95. The van der Waals surface area contributed by atoms with Crippen LogP contribution in [-0.4, -0.2) is 15.1 Å². The van der Waals surface area contributed by atoms with Gasteiger partial charge >= 0.3 is 0 Å². The number of hydrogen-bond donors (Lipinski definition) is 0. The zero-order valence-electron chi connectivity index (χ0n) is 13.6. The van der Waals surface area contributed by atoms with Crippen LogP contribution in [0.5, 0.6) is 0 Å². The van der Waals surface area contributed by atoms with Gasteiger partial charge in [-0.2, -0.15) is 0 Å². The van der Waals surface area contributed by atoms with Gasteiger partial charge in [0.25, 0.3) is 5.69 Å². The molecule has 0 saturated heterocycles. The lowest BCUT2D eigenvalue weighted by Crippen LogP contribution is -1.88. The number of benzene rings is 3. The van der Waals surface area contributed by atoms with Gasteiger partial charge in [0.05, 0.1) is 4.92 Å². The van der Waals surface area contributed by atoms with Crippen LogP contribution < -0.4 is 0 Å². The van der Waals surface area contributed by atoms with Gasteiger partial charge in [-0.25, -0.2) is 0 Å². The molecule has 0 amide bonds. The fourth-order valence-corrected chi connectivity index (χ4v) is 2.64. The molecule has 0 radical (unpaired) electrons. The van der Waals surface area contributed by atoms with Crippen molar-refractivity contribution in [2.45, 2.75) is 0 Å². The molecular formula is C20H13N3O3. The molecule has 26 heavy (non-hydrogen) atoms. The van der Waals surface area contributed by atoms with Crippen molar-refractivity contribution in [3.05, 3.63) is 89.0 Å². The highest BCUT2D eigenvalue weighted by Crippen LogP contribution is 2.28. The lowest BCUT2D eigenvalue weighted by atomic mass is 10.0. The summed E-state index contributed by atoms with van der Waals surface area (Å²) in [4.78, 5) is 10.4. The van der Waals surface area contributed by atoms with Crippen LogP contribution in [0.3, 0.4) is 0 Å². The van der Waals surface area contributed by atoms with Crippen LogP contribution in [-0.2, 0) is 0 Å². The Hall–Kier alpha value is -3.80. The molecule has 4 aromatic rings. The van der Waals surface area contributed by atoms with E-state index in [1.807, 2.05) is 54.6 Å². The average Bonchev–Trinajstić information content (AvgIpc) is 3.19. The molecule has 126 valence electrons. The first-order chi connectivity index (χ1) is 12.7. The van der Waals surface area contributed by atoms with Crippen LogP contribution in [0.4, 0.5) is 5.69 Å². The van der Waals surface area contributed by atoms with Gasteiger partial charge in [-0.3, -0.25) is 10.1 Å². The molecule has 0 bridgehead atoms. The average molecular weight is 343 g/mol. The first-order valence-electron chi connectivity index (χ1n) is 7.95. The number of rotatable bonds is 4. The first kappa shape index (κ1) is 15.7. The third kappa shape index (κ3) is 3.08. The Morgan fingerprint density at radius 2 is 1.27 bits per heavy atom. The van der Waals surface area contributed by atoms with Crippen molar-refractivity contribution in [2.24, 2.45) is 0 Å². The molecule has 0 aliphatic rings. The van der Waals surface area contributed by atoms with Crippen molar-refractivity contribution in [3.8, 4) is 34.0 Å². The second kappa shape index (κ2) is 6.60. The number of nitro groups is 1. The Labute approximate surface area is 148 Å². The predicted molar refractivity (Wildman–Crippen MR) is 97.3 cm³/mol. The Kier molecular flexibility index (Phi) is 3.99. The van der Waals surface area contributed by atoms with Crippen molar-refractivity contribution in [1.82, 2.24) is 10.2 Å². The Balaban J connectivity index is 1.62. The van der Waals surface area contributed by atoms with Crippen molar-refractivity contribution in [2.75, 3.05) is 0 Å². The van der Waals surface area contributed by atoms with E-state index in [-0.39, 0.29) is 11.6 Å². The Morgan fingerprint density at radius 3 is 1.96 bits per heavy atom. The SMILES string of the molecule is O=[N+]([O-])c1cccc(-c2nnc(-c3ccc(-c4ccccc4)cc3)o2)c1. The number of hydrogen-bond acceptors (Lipinski definition) is 5. The van der Waals surface area contributed by atoms with E-state index in [1.165, 1.54) is 12.1 Å². The lowest BCUT2D eigenvalue weighted by molar-refractivity contribution is -0.384. The maximum absolute atomic E-state index is 10.9. The number of aromatic nitrogens is 2. The van der Waals surface area contributed by atoms with E-state index in [0.29, 0.717) is 11.5 Å². The maximum atomic E-state index is 10.9. The van der Waals surface area contributed by atoms with Crippen molar-refractivity contribution < 1.29 is 9.34 Å². The smallest absolute Gasteiger partial charge is 0.270 e. The van der Waals surface area contributed by atoms with Crippen LogP contribution in [0.2, 0.25) is 0 Å². The minimum atomic E-state index is -0.455. The summed E-state index contributed by atoms with van der Waals surface area (Å²) in [5.41, 5.74) is 3.50. The molecule has 0 atom stereocenters. The zero-order valence-corrected chi connectivity index (χ0v) is 13.6. The van der Waals surface area contributed by atoms with Gasteiger partial charge in [0.1, 0.15) is 0 Å². The zero-order chi connectivity index (χ0) is 17.9. The molecule has 0 N–H and O–H groups in total. The molecule has 0 spiro atoms. The molecule has 6 heteroatoms. The van der Waals surface area contributed by atoms with Gasteiger partial charge in [-0.15, -0.1) is 10.2 Å². The molecule has 1 aromatic heterocycles. The van der Waals surface area contributed by atoms with Crippen LogP contribution in [0.25, 0.3) is 34.0 Å². The van der Waals surface area contributed by atoms with Crippen LogP contribution in [0, 0.1) is 10.1 Å². The Bertz CT molecular complexity index is 1060. The monoisotopic (exact) mass is 343 g/mol. The minimum Gasteiger partial charge on any atom is -0.416 e. The molecule has 4 rings (SSSR count). The van der Waals surface area contributed by atoms with E-state index in [2.05, 4.69) is 10.2 Å². The van der Waals surface area contributed by atoms with Gasteiger partial charge in [0.15, 0.2) is 0 Å². The van der Waals surface area contributed by atoms with Crippen molar-refractivity contribution in [3.63, 3.8) is 0 Å². The van der Waals surface area contributed by atoms with Gasteiger partial charge in [0.2, 0.25) is 11.8 Å². The van der Waals surface area contributed by atoms with Crippen LogP contribution in [0.15, 0.2) is 83.3 Å². The number of non-ortho nitro benzene ring substituents is 1. The number of nitrogens with zero attached hydrogens (tertiary/aromatic N) is 3. The molecule has 1 heterocycles. The third-order valence-electron chi connectivity index (χ3n) is 3.97. The van der Waals surface area contributed by atoms with E-state index in [4.69, 9.17) is 4.42 Å². The molecule has 3 aromatic carbocycles. The highest BCUT2D eigenvalue weighted by molar-refractivity contribution is 5.67. The van der Waals surface area contributed by atoms with E-state index >= 15 is 0 Å². The summed E-state index contributed by atoms with van der Waals surface area (Å²) in [6.07, 6.45) is 0. The second-order valence-electron chi connectivity index (χ2n) is 5.66. The van der Waals surface area contributed by atoms with Crippen LogP contribution >= 0.6 is 0 Å². The summed E-state index contributed by atoms with van der Waals surface area (Å²) in [6.45, 7) is 0. The molecule has 0 fully saturated rings. The lowest BCUT2D eigenvalue weighted by Gasteiger charge is -2.02. The minimum absolute atomic E-state index is 0.0190. The fraction of sp³-hybridized carbons (Fsp3) is 0. The summed E-state index contributed by atoms with van der Waals surface area (Å²) in [5, 5.41) is 19.0. The topological polar surface area (TPSA) is 82.1 Å². The normalized spacial score (nSPS) is 10.6. The summed E-state index contributed by atoms with van der Waals surface area (Å²) >= 11 is 0. The third-order valence-corrected chi connectivity index (χ3v) is 3.97. The molecule has 0 aliphatic heterocycles. The van der Waals surface area contributed by atoms with Crippen LogP contribution in [0.1, 0.15) is 0 Å². The molecule has 6 nitrogen and oxygen atoms in total. The van der Waals surface area contributed by atoms with Gasteiger partial charge < -0.3 is 4.42 Å². The summed E-state index contributed by atoms with van der Waals surface area (Å²) < 4.78 is 5.69. The standard InChI is InChI=1S/C20H13N3O3/c24-23(25)18-8-4-7-17(13-18)20-22-21-19(26-20)16-11-9-15(10-12-16)14-5-2-1-3-6-14/h1-13H. The molecular weight excluding hydrogens is 330 g/mol. The van der Waals surface area contributed by atoms with Crippen molar-refractivity contribution >= 4 is 5.69 Å². The van der Waals surface area contributed by atoms with Crippen molar-refractivity contribution in [1.29, 1.82) is 0 Å². The fourth-order valence-electron chi connectivity index (χ4n) is 2.64.